The monoisotopic (exact) mass is 278 g/mol. The van der Waals surface area contributed by atoms with Crippen LogP contribution in [0, 0.1) is 5.82 Å². The maximum Gasteiger partial charge on any atom is 0.265 e. The molecule has 0 spiro atoms. The summed E-state index contributed by atoms with van der Waals surface area (Å²) in [7, 11) is 2.08. The van der Waals surface area contributed by atoms with Crippen molar-refractivity contribution in [2.45, 2.75) is 25.3 Å². The summed E-state index contributed by atoms with van der Waals surface area (Å²) < 4.78 is 18.8. The molecule has 2 aliphatic heterocycles. The van der Waals surface area contributed by atoms with Gasteiger partial charge in [0.05, 0.1) is 5.69 Å². The van der Waals surface area contributed by atoms with Crippen molar-refractivity contribution in [1.29, 1.82) is 0 Å². The molecule has 0 aliphatic carbocycles. The van der Waals surface area contributed by atoms with Gasteiger partial charge in [0, 0.05) is 18.7 Å². The lowest BCUT2D eigenvalue weighted by molar-refractivity contribution is -0.121. The van der Waals surface area contributed by atoms with Gasteiger partial charge in [-0.2, -0.15) is 0 Å². The number of hydrogen-bond acceptors (Lipinski definition) is 3. The lowest BCUT2D eigenvalue weighted by Crippen LogP contribution is -2.49. The van der Waals surface area contributed by atoms with Crippen LogP contribution in [-0.4, -0.2) is 43.6 Å². The summed E-state index contributed by atoms with van der Waals surface area (Å²) in [4.78, 5) is 16.1. The normalized spacial score (nSPS) is 23.4. The second kappa shape index (κ2) is 5.40. The van der Waals surface area contributed by atoms with Gasteiger partial charge in [-0.05, 0) is 38.6 Å². The number of likely N-dealkylation sites (N-methyl/N-ethyl adjacent to an activating group) is 1. The van der Waals surface area contributed by atoms with Crippen LogP contribution in [0.5, 0.6) is 5.75 Å². The Hall–Kier alpha value is -1.62. The number of benzene rings is 1. The number of carbonyl (C=O) groups is 1. The highest BCUT2D eigenvalue weighted by Gasteiger charge is 2.30. The molecule has 0 N–H and O–H groups in total. The zero-order valence-electron chi connectivity index (χ0n) is 11.6. The molecule has 0 unspecified atom stereocenters. The van der Waals surface area contributed by atoms with E-state index < -0.39 is 0 Å². The molecular weight excluding hydrogens is 259 g/mol. The molecule has 2 aliphatic rings. The van der Waals surface area contributed by atoms with E-state index in [2.05, 4.69) is 11.9 Å². The zero-order chi connectivity index (χ0) is 14.1. The molecule has 0 aromatic heterocycles. The lowest BCUT2D eigenvalue weighted by Gasteiger charge is -2.38. The van der Waals surface area contributed by atoms with Crippen LogP contribution >= 0.6 is 0 Å². The SMILES string of the molecule is CN1CCCC[C@@H]1CN1C(=O)COc2ccc(F)cc21. The Morgan fingerprint density at radius 2 is 2.25 bits per heavy atom. The first-order valence-corrected chi connectivity index (χ1v) is 7.08. The van der Waals surface area contributed by atoms with Crippen molar-refractivity contribution in [2.24, 2.45) is 0 Å². The first kappa shape index (κ1) is 13.4. The molecule has 1 aromatic rings. The van der Waals surface area contributed by atoms with Crippen LogP contribution in [0.15, 0.2) is 18.2 Å². The van der Waals surface area contributed by atoms with E-state index in [1.807, 2.05) is 0 Å². The summed E-state index contributed by atoms with van der Waals surface area (Å²) in [6.07, 6.45) is 3.46. The number of anilines is 1. The van der Waals surface area contributed by atoms with Crippen molar-refractivity contribution in [1.82, 2.24) is 4.90 Å². The highest BCUT2D eigenvalue weighted by Crippen LogP contribution is 2.33. The van der Waals surface area contributed by atoms with E-state index in [1.165, 1.54) is 25.0 Å². The van der Waals surface area contributed by atoms with Crippen molar-refractivity contribution in [3.05, 3.63) is 24.0 Å². The predicted octanol–water partition coefficient (Wildman–Crippen LogP) is 2.04. The second-order valence-electron chi connectivity index (χ2n) is 5.54. The first-order valence-electron chi connectivity index (χ1n) is 7.08. The Kier molecular flexibility index (Phi) is 3.61. The molecule has 5 heteroatoms. The van der Waals surface area contributed by atoms with Gasteiger partial charge in [0.2, 0.25) is 0 Å². The number of likely N-dealkylation sites (tertiary alicyclic amines) is 1. The molecule has 4 nitrogen and oxygen atoms in total. The van der Waals surface area contributed by atoms with Crippen LogP contribution < -0.4 is 9.64 Å². The molecule has 1 atom stereocenters. The minimum Gasteiger partial charge on any atom is -0.482 e. The topological polar surface area (TPSA) is 32.8 Å². The van der Waals surface area contributed by atoms with Crippen molar-refractivity contribution in [2.75, 3.05) is 31.6 Å². The summed E-state index contributed by atoms with van der Waals surface area (Å²) in [6, 6.07) is 4.67. The molecule has 1 fully saturated rings. The Bertz CT molecular complexity index is 521. The largest absolute Gasteiger partial charge is 0.482 e. The fraction of sp³-hybridized carbons (Fsp3) is 0.533. The van der Waals surface area contributed by atoms with Gasteiger partial charge in [-0.3, -0.25) is 4.79 Å². The molecule has 20 heavy (non-hydrogen) atoms. The number of carbonyl (C=O) groups excluding carboxylic acids is 1. The summed E-state index contributed by atoms with van der Waals surface area (Å²) in [5.41, 5.74) is 0.556. The third-order valence-corrected chi connectivity index (χ3v) is 4.18. The van der Waals surface area contributed by atoms with Crippen molar-refractivity contribution in [3.8, 4) is 5.75 Å². The number of fused-ring (bicyclic) bond motifs is 1. The van der Waals surface area contributed by atoms with E-state index >= 15 is 0 Å². The molecule has 0 radical (unpaired) electrons. The van der Waals surface area contributed by atoms with E-state index in [0.717, 1.165) is 13.0 Å². The number of nitrogens with zero attached hydrogens (tertiary/aromatic N) is 2. The quantitative estimate of drug-likeness (QED) is 0.830. The number of ether oxygens (including phenoxy) is 1. The molecule has 0 saturated carbocycles. The Labute approximate surface area is 118 Å². The van der Waals surface area contributed by atoms with E-state index in [4.69, 9.17) is 4.74 Å². The van der Waals surface area contributed by atoms with Crippen molar-refractivity contribution < 1.29 is 13.9 Å². The number of hydrogen-bond donors (Lipinski definition) is 0. The number of rotatable bonds is 2. The molecular formula is C15H19FN2O2. The third-order valence-electron chi connectivity index (χ3n) is 4.18. The van der Waals surface area contributed by atoms with Crippen LogP contribution in [0.4, 0.5) is 10.1 Å². The van der Waals surface area contributed by atoms with Gasteiger partial charge in [0.15, 0.2) is 6.61 Å². The molecule has 1 aromatic carbocycles. The number of halogens is 1. The zero-order valence-corrected chi connectivity index (χ0v) is 11.6. The number of piperidine rings is 1. The summed E-state index contributed by atoms with van der Waals surface area (Å²) in [5, 5.41) is 0. The average molecular weight is 278 g/mol. The number of amides is 1. The fourth-order valence-corrected chi connectivity index (χ4v) is 2.96. The van der Waals surface area contributed by atoms with Gasteiger partial charge in [-0.25, -0.2) is 4.39 Å². The van der Waals surface area contributed by atoms with Gasteiger partial charge >= 0.3 is 0 Å². The lowest BCUT2D eigenvalue weighted by atomic mass is 10.0. The van der Waals surface area contributed by atoms with Gasteiger partial charge in [0.25, 0.3) is 5.91 Å². The van der Waals surface area contributed by atoms with Crippen LogP contribution in [0.3, 0.4) is 0 Å². The molecule has 0 bridgehead atoms. The molecule has 2 heterocycles. The van der Waals surface area contributed by atoms with Crippen LogP contribution in [-0.2, 0) is 4.79 Å². The molecule has 108 valence electrons. The van der Waals surface area contributed by atoms with E-state index in [-0.39, 0.29) is 18.3 Å². The van der Waals surface area contributed by atoms with Crippen LogP contribution in [0.25, 0.3) is 0 Å². The fourth-order valence-electron chi connectivity index (χ4n) is 2.96. The van der Waals surface area contributed by atoms with Gasteiger partial charge in [-0.15, -0.1) is 0 Å². The predicted molar refractivity (Wildman–Crippen MR) is 74.5 cm³/mol. The summed E-state index contributed by atoms with van der Waals surface area (Å²) in [6.45, 7) is 1.70. The Morgan fingerprint density at radius 1 is 1.40 bits per heavy atom. The van der Waals surface area contributed by atoms with Gasteiger partial charge in [0.1, 0.15) is 11.6 Å². The first-order chi connectivity index (χ1) is 9.65. The minimum atomic E-state index is -0.343. The molecule has 1 saturated heterocycles. The smallest absolute Gasteiger partial charge is 0.265 e. The second-order valence-corrected chi connectivity index (χ2v) is 5.54. The summed E-state index contributed by atoms with van der Waals surface area (Å²) >= 11 is 0. The third kappa shape index (κ3) is 2.50. The maximum atomic E-state index is 13.4. The van der Waals surface area contributed by atoms with Gasteiger partial charge < -0.3 is 14.5 Å². The highest BCUT2D eigenvalue weighted by molar-refractivity contribution is 5.97. The van der Waals surface area contributed by atoms with Crippen molar-refractivity contribution in [3.63, 3.8) is 0 Å². The Balaban J connectivity index is 1.85. The van der Waals surface area contributed by atoms with Gasteiger partial charge in [-0.1, -0.05) is 6.42 Å². The van der Waals surface area contributed by atoms with E-state index in [1.54, 1.807) is 11.0 Å². The minimum absolute atomic E-state index is 0.0368. The maximum absolute atomic E-state index is 13.4. The Morgan fingerprint density at radius 3 is 3.05 bits per heavy atom. The molecule has 1 amide bonds. The standard InChI is InChI=1S/C15H19FN2O2/c1-17-7-3-2-4-12(17)9-18-13-8-11(16)5-6-14(13)20-10-15(18)19/h5-6,8,12H,2-4,7,9-10H2,1H3/t12-/m1/s1. The van der Waals surface area contributed by atoms with E-state index in [9.17, 15) is 9.18 Å². The van der Waals surface area contributed by atoms with Crippen molar-refractivity contribution >= 4 is 11.6 Å². The van der Waals surface area contributed by atoms with E-state index in [0.29, 0.717) is 24.0 Å². The molecule has 3 rings (SSSR count). The highest BCUT2D eigenvalue weighted by atomic mass is 19.1. The summed E-state index contributed by atoms with van der Waals surface area (Å²) in [5.74, 6) is 0.149. The van der Waals surface area contributed by atoms with Crippen LogP contribution in [0.1, 0.15) is 19.3 Å². The van der Waals surface area contributed by atoms with Crippen LogP contribution in [0.2, 0.25) is 0 Å². The average Bonchev–Trinajstić information content (AvgIpc) is 2.44.